The van der Waals surface area contributed by atoms with E-state index in [-0.39, 0.29) is 49.1 Å². The van der Waals surface area contributed by atoms with Crippen molar-refractivity contribution in [3.63, 3.8) is 0 Å². The molecule has 0 radical (unpaired) electrons. The van der Waals surface area contributed by atoms with Crippen LogP contribution in [0.4, 0.5) is 0 Å². The molecule has 0 aromatic rings. The number of hydrogen-bond acceptors (Lipinski definition) is 7. The second kappa shape index (κ2) is 34.9. The van der Waals surface area contributed by atoms with E-state index in [1.54, 1.807) is 21.1 Å². The first-order chi connectivity index (χ1) is 24.6. The van der Waals surface area contributed by atoms with Crippen molar-refractivity contribution in [2.75, 3.05) is 41.0 Å². The van der Waals surface area contributed by atoms with Crippen LogP contribution in [0.3, 0.4) is 0 Å². The minimum atomic E-state index is -1.13. The van der Waals surface area contributed by atoms with E-state index in [9.17, 15) is 19.5 Å². The molecule has 0 aromatic heterocycles. The Morgan fingerprint density at radius 3 is 1.57 bits per heavy atom. The van der Waals surface area contributed by atoms with Crippen LogP contribution in [0.15, 0.2) is 24.3 Å². The summed E-state index contributed by atoms with van der Waals surface area (Å²) in [7, 11) is 5.38. The fourth-order valence-corrected chi connectivity index (χ4v) is 6.13. The number of hydrogen-bond donors (Lipinski definition) is 0. The Morgan fingerprint density at radius 2 is 1.10 bits per heavy atom. The maximum Gasteiger partial charge on any atom is 0.306 e. The molecule has 0 fully saturated rings. The molecule has 0 N–H and O–H groups in total. The number of carboxylic acids is 1. The first kappa shape index (κ1) is 48.8. The summed E-state index contributed by atoms with van der Waals surface area (Å²) in [6.07, 6.45) is 36.8. The van der Waals surface area contributed by atoms with Gasteiger partial charge in [-0.2, -0.15) is 0 Å². The van der Waals surface area contributed by atoms with Gasteiger partial charge >= 0.3 is 11.9 Å². The van der Waals surface area contributed by atoms with Crippen LogP contribution in [0.25, 0.3) is 0 Å². The number of unbranched alkanes of at least 4 members (excludes halogenated alkanes) is 19. The fraction of sp³-hybridized carbons (Fsp3) is 0.837. The molecule has 0 saturated carbocycles. The number of quaternary nitrogens is 1. The molecule has 0 saturated heterocycles. The highest BCUT2D eigenvalue weighted by molar-refractivity contribution is 5.70. The third-order valence-electron chi connectivity index (χ3n) is 9.37. The molecule has 298 valence electrons. The molecule has 0 aliphatic heterocycles. The molecule has 0 aromatic carbocycles. The smallest absolute Gasteiger partial charge is 0.306 e. The van der Waals surface area contributed by atoms with Crippen LogP contribution in [-0.4, -0.2) is 75.5 Å². The zero-order valence-electron chi connectivity index (χ0n) is 33.8. The van der Waals surface area contributed by atoms with E-state index in [0.29, 0.717) is 12.8 Å². The maximum atomic E-state index is 12.6. The van der Waals surface area contributed by atoms with Crippen LogP contribution in [0, 0.1) is 0 Å². The molecule has 0 bridgehead atoms. The Balaban J connectivity index is 4.20. The van der Waals surface area contributed by atoms with Crippen LogP contribution in [0.2, 0.25) is 0 Å². The van der Waals surface area contributed by atoms with Gasteiger partial charge in [-0.3, -0.25) is 9.59 Å². The summed E-state index contributed by atoms with van der Waals surface area (Å²) in [4.78, 5) is 36.5. The van der Waals surface area contributed by atoms with E-state index in [1.165, 1.54) is 109 Å². The van der Waals surface area contributed by atoms with E-state index in [2.05, 4.69) is 26.0 Å². The van der Waals surface area contributed by atoms with Crippen molar-refractivity contribution in [1.29, 1.82) is 0 Å². The number of likely N-dealkylation sites (N-methyl/N-ethyl adjacent to an activating group) is 1. The molecular weight excluding hydrogens is 642 g/mol. The van der Waals surface area contributed by atoms with Gasteiger partial charge in [-0.25, -0.2) is 0 Å². The Morgan fingerprint density at radius 1 is 0.608 bits per heavy atom. The summed E-state index contributed by atoms with van der Waals surface area (Å²) in [5, 5.41) is 11.6. The number of nitrogens with zero attached hydrogens (tertiary/aromatic N) is 1. The van der Waals surface area contributed by atoms with E-state index < -0.39 is 18.1 Å². The van der Waals surface area contributed by atoms with Crippen molar-refractivity contribution in [2.45, 2.75) is 193 Å². The number of ether oxygens (including phenoxy) is 3. The molecule has 8 nitrogen and oxygen atoms in total. The SMILES string of the molecule is CC/C=C/C/C=C/CCC(=O)OCC(COCCC(C(=O)[O-])[N+](C)(C)C)OC(=O)CCCCCCCCCCCCCCCCCCCCCC. The van der Waals surface area contributed by atoms with Crippen LogP contribution >= 0.6 is 0 Å². The van der Waals surface area contributed by atoms with Gasteiger partial charge in [0.25, 0.3) is 0 Å². The summed E-state index contributed by atoms with van der Waals surface area (Å²) >= 11 is 0. The molecule has 0 aliphatic rings. The highest BCUT2D eigenvalue weighted by Crippen LogP contribution is 2.16. The Kier molecular flexibility index (Phi) is 33.4. The second-order valence-corrected chi connectivity index (χ2v) is 15.2. The zero-order chi connectivity index (χ0) is 37.8. The third kappa shape index (κ3) is 33.4. The number of allylic oxidation sites excluding steroid dienone is 4. The largest absolute Gasteiger partial charge is 0.544 e. The number of esters is 2. The molecule has 8 heteroatoms. The molecule has 0 rings (SSSR count). The summed E-state index contributed by atoms with van der Waals surface area (Å²) in [6.45, 7) is 4.46. The number of carbonyl (C=O) groups is 3. The van der Waals surface area contributed by atoms with Crippen LogP contribution in [0.5, 0.6) is 0 Å². The average molecular weight is 722 g/mol. The zero-order valence-corrected chi connectivity index (χ0v) is 33.8. The predicted octanol–water partition coefficient (Wildman–Crippen LogP) is 9.58. The van der Waals surface area contributed by atoms with Crippen molar-refractivity contribution in [3.05, 3.63) is 24.3 Å². The van der Waals surface area contributed by atoms with Crippen LogP contribution < -0.4 is 5.11 Å². The lowest BCUT2D eigenvalue weighted by atomic mass is 10.0. The van der Waals surface area contributed by atoms with Gasteiger partial charge in [0.1, 0.15) is 12.6 Å². The molecule has 2 atom stereocenters. The minimum absolute atomic E-state index is 0.0266. The highest BCUT2D eigenvalue weighted by Gasteiger charge is 2.25. The van der Waals surface area contributed by atoms with Gasteiger partial charge in [0, 0.05) is 19.3 Å². The molecular formula is C43H79NO7. The van der Waals surface area contributed by atoms with Gasteiger partial charge in [-0.1, -0.05) is 160 Å². The van der Waals surface area contributed by atoms with E-state index in [0.717, 1.165) is 32.1 Å². The first-order valence-corrected chi connectivity index (χ1v) is 20.9. The lowest BCUT2D eigenvalue weighted by Gasteiger charge is -2.34. The van der Waals surface area contributed by atoms with E-state index in [1.807, 2.05) is 12.2 Å². The maximum absolute atomic E-state index is 12.6. The predicted molar refractivity (Wildman–Crippen MR) is 208 cm³/mol. The van der Waals surface area contributed by atoms with Gasteiger partial charge in [-0.05, 0) is 25.7 Å². The number of aliphatic carboxylic acids is 1. The topological polar surface area (TPSA) is 102 Å². The molecule has 0 aliphatic carbocycles. The Bertz CT molecular complexity index is 895. The van der Waals surface area contributed by atoms with Crippen LogP contribution in [0.1, 0.15) is 181 Å². The molecule has 51 heavy (non-hydrogen) atoms. The van der Waals surface area contributed by atoms with Crippen LogP contribution in [-0.2, 0) is 28.6 Å². The second-order valence-electron chi connectivity index (χ2n) is 15.2. The van der Waals surface area contributed by atoms with Crippen molar-refractivity contribution < 1.29 is 38.2 Å². The van der Waals surface area contributed by atoms with E-state index in [4.69, 9.17) is 14.2 Å². The quantitative estimate of drug-likeness (QED) is 0.0273. The summed E-state index contributed by atoms with van der Waals surface area (Å²) < 4.78 is 17.0. The normalized spacial score (nSPS) is 13.2. The van der Waals surface area contributed by atoms with Crippen molar-refractivity contribution >= 4 is 17.9 Å². The molecule has 2 unspecified atom stereocenters. The van der Waals surface area contributed by atoms with Gasteiger partial charge in [0.2, 0.25) is 0 Å². The van der Waals surface area contributed by atoms with Gasteiger partial charge < -0.3 is 28.6 Å². The summed E-state index contributed by atoms with van der Waals surface area (Å²) in [5.41, 5.74) is 0. The summed E-state index contributed by atoms with van der Waals surface area (Å²) in [6, 6.07) is -0.728. The fourth-order valence-electron chi connectivity index (χ4n) is 6.13. The lowest BCUT2D eigenvalue weighted by molar-refractivity contribution is -0.889. The summed E-state index contributed by atoms with van der Waals surface area (Å²) in [5.74, 6) is -1.82. The lowest BCUT2D eigenvalue weighted by Crippen LogP contribution is -2.55. The number of carboxylic acid groups (broad SMARTS) is 1. The van der Waals surface area contributed by atoms with Crippen molar-refractivity contribution in [2.24, 2.45) is 0 Å². The molecule has 0 amide bonds. The van der Waals surface area contributed by atoms with Gasteiger partial charge in [-0.15, -0.1) is 0 Å². The Hall–Kier alpha value is -2.19. The van der Waals surface area contributed by atoms with Crippen molar-refractivity contribution in [3.8, 4) is 0 Å². The van der Waals surface area contributed by atoms with Gasteiger partial charge in [0.05, 0.1) is 40.3 Å². The average Bonchev–Trinajstić information content (AvgIpc) is 3.08. The monoisotopic (exact) mass is 722 g/mol. The van der Waals surface area contributed by atoms with Gasteiger partial charge in [0.15, 0.2) is 6.10 Å². The minimum Gasteiger partial charge on any atom is -0.544 e. The molecule has 0 heterocycles. The van der Waals surface area contributed by atoms with Crippen molar-refractivity contribution in [1.82, 2.24) is 0 Å². The number of rotatable bonds is 37. The Labute approximate surface area is 313 Å². The standard InChI is InChI=1S/C43H79NO7/c1-6-8-10-12-14-15-16-17-18-19-20-21-22-23-24-25-26-28-30-32-34-42(46)51-39(37-49-36-35-40(43(47)48)44(3,4)5)38-50-41(45)33-31-29-27-13-11-9-7-2/h9,11,27,29,39-40H,6-8,10,12-26,28,30-38H2,1-5H3/b11-9+,29-27+. The third-order valence-corrected chi connectivity index (χ3v) is 9.37. The number of carbonyl (C=O) groups excluding carboxylic acids is 3. The first-order valence-electron chi connectivity index (χ1n) is 20.9. The highest BCUT2D eigenvalue weighted by atomic mass is 16.6. The molecule has 0 spiro atoms. The van der Waals surface area contributed by atoms with E-state index >= 15 is 0 Å².